The normalized spacial score (nSPS) is 27.9. The van der Waals surface area contributed by atoms with E-state index in [0.717, 1.165) is 77.0 Å². The first-order chi connectivity index (χ1) is 31.1. The van der Waals surface area contributed by atoms with E-state index in [2.05, 4.69) is 79.9 Å². The van der Waals surface area contributed by atoms with Gasteiger partial charge in [-0.1, -0.05) is 138 Å². The number of unbranched alkanes of at least 4 members (excludes halogenated alkanes) is 12. The largest absolute Gasteiger partial charge is 0.394 e. The van der Waals surface area contributed by atoms with Crippen LogP contribution in [0.25, 0.3) is 0 Å². The number of aliphatic hydroxyl groups is 8. The van der Waals surface area contributed by atoms with Gasteiger partial charge in [0.1, 0.15) is 48.8 Å². The molecular weight excluding hydrogens is 823 g/mol. The molecule has 12 unspecified atom stereocenters. The number of amides is 1. The maximum atomic E-state index is 13.1. The van der Waals surface area contributed by atoms with E-state index in [4.69, 9.17) is 18.9 Å². The first-order valence-corrected chi connectivity index (χ1v) is 24.2. The molecule has 9 N–H and O–H groups in total. The zero-order valence-electron chi connectivity index (χ0n) is 38.7. The van der Waals surface area contributed by atoms with Gasteiger partial charge in [-0.25, -0.2) is 0 Å². The Balaban J connectivity index is 1.86. The molecule has 2 aliphatic rings. The molecule has 0 spiro atoms. The van der Waals surface area contributed by atoms with Gasteiger partial charge in [-0.2, -0.15) is 0 Å². The van der Waals surface area contributed by atoms with Gasteiger partial charge in [-0.05, 0) is 70.6 Å². The maximum absolute atomic E-state index is 13.1. The summed E-state index contributed by atoms with van der Waals surface area (Å²) in [5.41, 5.74) is 0. The van der Waals surface area contributed by atoms with Gasteiger partial charge in [-0.15, -0.1) is 0 Å². The molecule has 14 heteroatoms. The molecule has 2 rings (SSSR count). The summed E-state index contributed by atoms with van der Waals surface area (Å²) < 4.78 is 22.6. The lowest BCUT2D eigenvalue weighted by Gasteiger charge is -2.46. The van der Waals surface area contributed by atoms with Crippen LogP contribution in [0.2, 0.25) is 0 Å². The summed E-state index contributed by atoms with van der Waals surface area (Å²) in [7, 11) is 0. The molecule has 12 atom stereocenters. The summed E-state index contributed by atoms with van der Waals surface area (Å²) in [6, 6.07) is -0.940. The molecule has 0 aromatic carbocycles. The predicted octanol–water partition coefficient (Wildman–Crippen LogP) is 5.65. The average Bonchev–Trinajstić information content (AvgIpc) is 3.29. The Morgan fingerprint density at radius 3 is 1.72 bits per heavy atom. The van der Waals surface area contributed by atoms with E-state index in [-0.39, 0.29) is 18.9 Å². The summed E-state index contributed by atoms with van der Waals surface area (Å²) in [5, 5.41) is 86.5. The lowest BCUT2D eigenvalue weighted by atomic mass is 9.97. The second-order valence-corrected chi connectivity index (χ2v) is 16.8. The molecule has 64 heavy (non-hydrogen) atoms. The molecular formula is C50H85NO13. The summed E-state index contributed by atoms with van der Waals surface area (Å²) in [5.74, 6) is -0.270. The molecule has 0 saturated carbocycles. The summed E-state index contributed by atoms with van der Waals surface area (Å²) in [6.45, 7) is 2.58. The Bertz CT molecular complexity index is 1350. The summed E-state index contributed by atoms with van der Waals surface area (Å²) in [6.07, 6.45) is 28.0. The van der Waals surface area contributed by atoms with Gasteiger partial charge in [0.2, 0.25) is 5.91 Å². The Hall–Kier alpha value is -2.57. The van der Waals surface area contributed by atoms with Crippen molar-refractivity contribution in [2.24, 2.45) is 0 Å². The number of nitrogens with one attached hydrogen (secondary N) is 1. The van der Waals surface area contributed by atoms with Gasteiger partial charge < -0.3 is 65.1 Å². The number of aliphatic hydroxyl groups excluding tert-OH is 8. The molecule has 0 aliphatic carbocycles. The molecule has 2 fully saturated rings. The monoisotopic (exact) mass is 908 g/mol. The maximum Gasteiger partial charge on any atom is 0.220 e. The number of hydrogen-bond acceptors (Lipinski definition) is 13. The molecule has 0 radical (unpaired) electrons. The van der Waals surface area contributed by atoms with Gasteiger partial charge in [0.25, 0.3) is 0 Å². The fourth-order valence-electron chi connectivity index (χ4n) is 7.41. The molecule has 1 amide bonds. The van der Waals surface area contributed by atoms with Crippen LogP contribution >= 0.6 is 0 Å². The van der Waals surface area contributed by atoms with Crippen LogP contribution in [0.3, 0.4) is 0 Å². The van der Waals surface area contributed by atoms with Crippen molar-refractivity contribution in [1.82, 2.24) is 5.32 Å². The van der Waals surface area contributed by atoms with Crippen molar-refractivity contribution in [3.8, 4) is 0 Å². The van der Waals surface area contributed by atoms with E-state index in [1.54, 1.807) is 6.08 Å². The predicted molar refractivity (Wildman–Crippen MR) is 249 cm³/mol. The zero-order valence-corrected chi connectivity index (χ0v) is 38.7. The molecule has 0 bridgehead atoms. The van der Waals surface area contributed by atoms with Crippen LogP contribution in [-0.4, -0.2) is 140 Å². The molecule has 0 aromatic rings. The van der Waals surface area contributed by atoms with Crippen molar-refractivity contribution >= 4 is 5.91 Å². The molecule has 0 aromatic heterocycles. The topological polar surface area (TPSA) is 228 Å². The summed E-state index contributed by atoms with van der Waals surface area (Å²) >= 11 is 0. The van der Waals surface area contributed by atoms with E-state index in [1.165, 1.54) is 32.1 Å². The lowest BCUT2D eigenvalue weighted by molar-refractivity contribution is -0.359. The number of hydrogen-bond donors (Lipinski definition) is 9. The Morgan fingerprint density at radius 2 is 1.09 bits per heavy atom. The SMILES string of the molecule is CC/C=C\C/C=C\C/C=C\C/C=C\CCCCCCCCC(=O)NC(COC1OC(CO)C(OC2OC(CO)C(O)C(O)C2O)C(O)C1O)C(O)/C=C/CC/C=C/CCCCCCC. The second-order valence-electron chi connectivity index (χ2n) is 16.8. The van der Waals surface area contributed by atoms with E-state index in [9.17, 15) is 45.6 Å². The first kappa shape index (κ1) is 57.6. The Labute approximate surface area is 383 Å². The minimum Gasteiger partial charge on any atom is -0.394 e. The molecule has 14 nitrogen and oxygen atoms in total. The van der Waals surface area contributed by atoms with E-state index >= 15 is 0 Å². The third kappa shape index (κ3) is 23.7. The lowest BCUT2D eigenvalue weighted by Crippen LogP contribution is -2.65. The van der Waals surface area contributed by atoms with Crippen LogP contribution < -0.4 is 5.32 Å². The smallest absolute Gasteiger partial charge is 0.220 e. The highest BCUT2D eigenvalue weighted by Gasteiger charge is 2.51. The highest BCUT2D eigenvalue weighted by Crippen LogP contribution is 2.30. The fourth-order valence-corrected chi connectivity index (χ4v) is 7.41. The number of carbonyl (C=O) groups excluding carboxylic acids is 1. The quantitative estimate of drug-likeness (QED) is 0.0277. The third-order valence-electron chi connectivity index (χ3n) is 11.4. The number of carbonyl (C=O) groups is 1. The van der Waals surface area contributed by atoms with E-state index in [0.29, 0.717) is 12.8 Å². The van der Waals surface area contributed by atoms with Crippen LogP contribution in [-0.2, 0) is 23.7 Å². The van der Waals surface area contributed by atoms with Crippen molar-refractivity contribution in [3.63, 3.8) is 0 Å². The van der Waals surface area contributed by atoms with Crippen molar-refractivity contribution in [2.75, 3.05) is 19.8 Å². The van der Waals surface area contributed by atoms with Crippen molar-refractivity contribution < 1.29 is 64.6 Å². The highest BCUT2D eigenvalue weighted by molar-refractivity contribution is 5.76. The molecule has 2 saturated heterocycles. The van der Waals surface area contributed by atoms with Crippen LogP contribution in [0.1, 0.15) is 142 Å². The van der Waals surface area contributed by atoms with E-state index < -0.39 is 86.8 Å². The minimum absolute atomic E-state index is 0.253. The molecule has 368 valence electrons. The van der Waals surface area contributed by atoms with Crippen molar-refractivity contribution in [2.45, 2.75) is 216 Å². The van der Waals surface area contributed by atoms with Gasteiger partial charge in [0.15, 0.2) is 12.6 Å². The minimum atomic E-state index is -1.79. The summed E-state index contributed by atoms with van der Waals surface area (Å²) in [4.78, 5) is 13.1. The standard InChI is InChI=1S/C50H85NO13/c1-3-5-7-9-11-13-15-16-17-18-19-20-21-22-24-26-28-30-32-34-42(55)51-38(39(54)33-31-29-27-25-23-14-12-10-8-6-4-2)37-61-49-47(60)45(58)48(41(36-53)63-49)64-50-46(59)44(57)43(56)40(35-52)62-50/h5,7,11,13,16-17,19-20,23,25,31,33,38-41,43-50,52-54,56-60H,3-4,6,8-10,12,14-15,18,21-22,24,26-30,32,34-37H2,1-2H3,(H,51,55)/b7-5-,13-11-,17-16-,20-19-,25-23+,33-31+. The molecule has 2 aliphatic heterocycles. The zero-order chi connectivity index (χ0) is 46.8. The first-order valence-electron chi connectivity index (χ1n) is 24.2. The van der Waals surface area contributed by atoms with Crippen molar-refractivity contribution in [1.29, 1.82) is 0 Å². The van der Waals surface area contributed by atoms with Crippen molar-refractivity contribution in [3.05, 3.63) is 72.9 Å². The van der Waals surface area contributed by atoms with Crippen LogP contribution in [0.15, 0.2) is 72.9 Å². The number of rotatable bonds is 35. The second kappa shape index (κ2) is 36.5. The number of allylic oxidation sites excluding steroid dienone is 11. The van der Waals surface area contributed by atoms with Gasteiger partial charge in [0, 0.05) is 6.42 Å². The fraction of sp³-hybridized carbons (Fsp3) is 0.740. The van der Waals surface area contributed by atoms with Gasteiger partial charge >= 0.3 is 0 Å². The van der Waals surface area contributed by atoms with Crippen LogP contribution in [0.5, 0.6) is 0 Å². The third-order valence-corrected chi connectivity index (χ3v) is 11.4. The van der Waals surface area contributed by atoms with Crippen LogP contribution in [0, 0.1) is 0 Å². The highest BCUT2D eigenvalue weighted by atomic mass is 16.7. The van der Waals surface area contributed by atoms with Crippen LogP contribution in [0.4, 0.5) is 0 Å². The Kier molecular flexibility index (Phi) is 32.9. The van der Waals surface area contributed by atoms with E-state index in [1.807, 2.05) is 6.08 Å². The van der Waals surface area contributed by atoms with Gasteiger partial charge in [-0.3, -0.25) is 4.79 Å². The average molecular weight is 908 g/mol. The molecule has 2 heterocycles. The number of ether oxygens (including phenoxy) is 4. The van der Waals surface area contributed by atoms with Gasteiger partial charge in [0.05, 0.1) is 32.0 Å². The Morgan fingerprint density at radius 1 is 0.578 bits per heavy atom.